The van der Waals surface area contributed by atoms with Crippen LogP contribution in [0.4, 0.5) is 0 Å². The van der Waals surface area contributed by atoms with E-state index in [1.54, 1.807) is 0 Å². The lowest BCUT2D eigenvalue weighted by atomic mass is 9.79. The average molecular weight is 369 g/mol. The highest BCUT2D eigenvalue weighted by Gasteiger charge is 2.56. The minimum atomic E-state index is -0.321. The fourth-order valence-corrected chi connectivity index (χ4v) is 4.67. The number of hydrogen-bond donors (Lipinski definition) is 0. The fourth-order valence-electron chi connectivity index (χ4n) is 4.67. The van der Waals surface area contributed by atoms with Gasteiger partial charge in [-0.3, -0.25) is 0 Å². The van der Waals surface area contributed by atoms with Crippen LogP contribution in [0.15, 0.2) is 91.0 Å². The smallest absolute Gasteiger partial charge is 0.380 e. The second-order valence-corrected chi connectivity index (χ2v) is 7.74. The third-order valence-corrected chi connectivity index (χ3v) is 5.93. The molecule has 0 bridgehead atoms. The molecule has 2 saturated heterocycles. The lowest BCUT2D eigenvalue weighted by Crippen LogP contribution is -2.41. The molecule has 0 aromatic heterocycles. The van der Waals surface area contributed by atoms with Crippen molar-refractivity contribution in [3.05, 3.63) is 108 Å². The van der Waals surface area contributed by atoms with Crippen LogP contribution in [0.25, 0.3) is 0 Å². The molecule has 2 heterocycles. The average Bonchev–Trinajstić information content (AvgIpc) is 3.34. The Labute approximate surface area is 169 Å². The van der Waals surface area contributed by atoms with Gasteiger partial charge in [0, 0.05) is 6.04 Å². The molecular formula is C25H28BNO. The zero-order valence-electron chi connectivity index (χ0n) is 16.8. The summed E-state index contributed by atoms with van der Waals surface area (Å²) in [4.78, 5) is 2.53. The van der Waals surface area contributed by atoms with Crippen LogP contribution < -0.4 is 0 Å². The zero-order chi connectivity index (χ0) is 19.4. The first-order chi connectivity index (χ1) is 13.7. The highest BCUT2D eigenvalue weighted by molar-refractivity contribution is 6.48. The van der Waals surface area contributed by atoms with Crippen LogP contribution in [0.5, 0.6) is 0 Å². The molecule has 0 N–H and O–H groups in total. The highest BCUT2D eigenvalue weighted by atomic mass is 16.5. The molecule has 28 heavy (non-hydrogen) atoms. The van der Waals surface area contributed by atoms with Crippen molar-refractivity contribution in [1.29, 1.82) is 0 Å². The van der Waals surface area contributed by atoms with E-state index in [-0.39, 0.29) is 12.7 Å². The number of benzene rings is 3. The van der Waals surface area contributed by atoms with Crippen molar-refractivity contribution in [3.8, 4) is 0 Å². The monoisotopic (exact) mass is 369 g/mol. The molecule has 1 atom stereocenters. The summed E-state index contributed by atoms with van der Waals surface area (Å²) in [5.74, 6) is 0. The zero-order valence-corrected chi connectivity index (χ0v) is 16.8. The van der Waals surface area contributed by atoms with E-state index in [9.17, 15) is 0 Å². The van der Waals surface area contributed by atoms with Crippen LogP contribution in [-0.2, 0) is 10.3 Å². The maximum Gasteiger partial charge on any atom is 0.380 e. The van der Waals surface area contributed by atoms with Crippen molar-refractivity contribution in [2.24, 2.45) is 0 Å². The molecule has 2 aliphatic heterocycles. The Morgan fingerprint density at radius 3 is 1.79 bits per heavy atom. The Kier molecular flexibility index (Phi) is 5.65. The maximum absolute atomic E-state index is 6.61. The van der Waals surface area contributed by atoms with Crippen LogP contribution in [0, 0.1) is 6.92 Å². The Balaban J connectivity index is 0.000000233. The molecule has 3 heteroatoms. The summed E-state index contributed by atoms with van der Waals surface area (Å²) < 4.78 is 6.61. The summed E-state index contributed by atoms with van der Waals surface area (Å²) in [6.45, 7) is 5.42. The molecule has 5 rings (SSSR count). The topological polar surface area (TPSA) is 12.5 Å². The summed E-state index contributed by atoms with van der Waals surface area (Å²) >= 11 is 0. The normalized spacial score (nSPS) is 20.4. The number of fused-ring (bicyclic) bond motifs is 1. The standard InChI is InChI=1S/C18H20BNO.C7H8/c1-19-20-14-8-13-17(20)18(21-19,15-9-4-2-5-10-15)16-11-6-3-7-12-16;1-7-5-3-2-4-6-7/h2-7,9-12,17H,8,13-14H2,1H3;2-6H,1H3/t17-;/m0./s1. The van der Waals surface area contributed by atoms with E-state index >= 15 is 0 Å². The van der Waals surface area contributed by atoms with Gasteiger partial charge in [-0.05, 0) is 44.3 Å². The molecule has 2 fully saturated rings. The van der Waals surface area contributed by atoms with Crippen molar-refractivity contribution < 1.29 is 4.65 Å². The van der Waals surface area contributed by atoms with Crippen LogP contribution in [0.3, 0.4) is 0 Å². The molecule has 3 aromatic rings. The quantitative estimate of drug-likeness (QED) is 0.550. The van der Waals surface area contributed by atoms with Gasteiger partial charge in [-0.25, -0.2) is 0 Å². The molecule has 0 unspecified atom stereocenters. The van der Waals surface area contributed by atoms with Gasteiger partial charge < -0.3 is 9.47 Å². The van der Waals surface area contributed by atoms with Gasteiger partial charge in [-0.2, -0.15) is 0 Å². The van der Waals surface area contributed by atoms with E-state index in [0.717, 1.165) is 6.54 Å². The highest BCUT2D eigenvalue weighted by Crippen LogP contribution is 2.48. The van der Waals surface area contributed by atoms with Gasteiger partial charge in [0.15, 0.2) is 0 Å². The van der Waals surface area contributed by atoms with Crippen molar-refractivity contribution in [2.45, 2.75) is 38.2 Å². The maximum atomic E-state index is 6.61. The van der Waals surface area contributed by atoms with Crippen molar-refractivity contribution in [2.75, 3.05) is 6.54 Å². The molecule has 0 spiro atoms. The Bertz CT molecular complexity index is 829. The third-order valence-electron chi connectivity index (χ3n) is 5.93. The molecule has 3 aromatic carbocycles. The van der Waals surface area contributed by atoms with E-state index in [0.29, 0.717) is 6.04 Å². The second-order valence-electron chi connectivity index (χ2n) is 7.74. The predicted molar refractivity (Wildman–Crippen MR) is 117 cm³/mol. The minimum Gasteiger partial charge on any atom is -0.406 e. The van der Waals surface area contributed by atoms with Crippen LogP contribution in [0.1, 0.15) is 29.5 Å². The van der Waals surface area contributed by atoms with Crippen LogP contribution >= 0.6 is 0 Å². The summed E-state index contributed by atoms with van der Waals surface area (Å²) in [5, 5.41) is 0. The first kappa shape index (κ1) is 19.0. The van der Waals surface area contributed by atoms with Crippen molar-refractivity contribution in [3.63, 3.8) is 0 Å². The van der Waals surface area contributed by atoms with E-state index in [1.165, 1.54) is 29.5 Å². The van der Waals surface area contributed by atoms with Gasteiger partial charge in [-0.15, -0.1) is 0 Å². The Morgan fingerprint density at radius 1 is 0.821 bits per heavy atom. The molecular weight excluding hydrogens is 341 g/mol. The molecule has 2 aliphatic rings. The number of hydrogen-bond acceptors (Lipinski definition) is 2. The van der Waals surface area contributed by atoms with Gasteiger partial charge in [0.25, 0.3) is 0 Å². The first-order valence-corrected chi connectivity index (χ1v) is 10.3. The van der Waals surface area contributed by atoms with Gasteiger partial charge in [0.2, 0.25) is 0 Å². The van der Waals surface area contributed by atoms with Gasteiger partial charge >= 0.3 is 7.05 Å². The van der Waals surface area contributed by atoms with Crippen molar-refractivity contribution >= 4 is 7.05 Å². The van der Waals surface area contributed by atoms with Gasteiger partial charge in [0.1, 0.15) is 5.60 Å². The predicted octanol–water partition coefficient (Wildman–Crippen LogP) is 5.54. The Hall–Kier alpha value is -2.36. The van der Waals surface area contributed by atoms with Crippen molar-refractivity contribution in [1.82, 2.24) is 4.81 Å². The van der Waals surface area contributed by atoms with E-state index in [2.05, 4.69) is 91.4 Å². The van der Waals surface area contributed by atoms with Crippen LogP contribution in [0.2, 0.25) is 6.82 Å². The number of nitrogens with zero attached hydrogens (tertiary/aromatic N) is 1. The third kappa shape index (κ3) is 3.53. The summed E-state index contributed by atoms with van der Waals surface area (Å²) in [7, 11) is 0.179. The number of aryl methyl sites for hydroxylation is 1. The molecule has 2 nitrogen and oxygen atoms in total. The number of rotatable bonds is 2. The molecule has 0 amide bonds. The lowest BCUT2D eigenvalue weighted by molar-refractivity contribution is 0.106. The van der Waals surface area contributed by atoms with E-state index in [4.69, 9.17) is 4.65 Å². The molecule has 0 saturated carbocycles. The SMILES string of the molecule is CB1OC(c2ccccc2)(c2ccccc2)[C@@H]2CCCN12.Cc1ccccc1. The molecule has 0 aliphatic carbocycles. The van der Waals surface area contributed by atoms with Gasteiger partial charge in [-0.1, -0.05) is 96.6 Å². The molecule has 0 radical (unpaired) electrons. The van der Waals surface area contributed by atoms with E-state index in [1.807, 2.05) is 18.2 Å². The largest absolute Gasteiger partial charge is 0.406 e. The Morgan fingerprint density at radius 2 is 1.32 bits per heavy atom. The summed E-state index contributed by atoms with van der Waals surface area (Å²) in [6, 6.07) is 32.2. The van der Waals surface area contributed by atoms with Crippen LogP contribution in [-0.4, -0.2) is 24.4 Å². The summed E-state index contributed by atoms with van der Waals surface area (Å²) in [5.41, 5.74) is 3.55. The fraction of sp³-hybridized carbons (Fsp3) is 0.280. The minimum absolute atomic E-state index is 0.179. The van der Waals surface area contributed by atoms with Gasteiger partial charge in [0.05, 0.1) is 0 Å². The lowest BCUT2D eigenvalue weighted by Gasteiger charge is -2.36. The first-order valence-electron chi connectivity index (χ1n) is 10.3. The molecule has 142 valence electrons. The summed E-state index contributed by atoms with van der Waals surface area (Å²) in [6.07, 6.45) is 2.47. The second kappa shape index (κ2) is 8.34. The van der Waals surface area contributed by atoms with E-state index < -0.39 is 0 Å².